The number of hydrogen-bond acceptors (Lipinski definition) is 0. The van der Waals surface area contributed by atoms with Crippen molar-refractivity contribution in [2.45, 2.75) is 12.8 Å². The van der Waals surface area contributed by atoms with Crippen LogP contribution in [0.15, 0.2) is 30.1 Å². The summed E-state index contributed by atoms with van der Waals surface area (Å²) in [6.07, 6.45) is 1.61. The van der Waals surface area contributed by atoms with Crippen LogP contribution in [-0.2, 0) is 0 Å². The molecule has 0 amide bonds. The molecule has 0 N–H and O–H groups in total. The van der Waals surface area contributed by atoms with Gasteiger partial charge >= 0.3 is 0 Å². The van der Waals surface area contributed by atoms with Crippen molar-refractivity contribution in [1.29, 1.82) is 0 Å². The van der Waals surface area contributed by atoms with Gasteiger partial charge in [0.05, 0.1) is 0 Å². The molecule has 0 aromatic heterocycles. The van der Waals surface area contributed by atoms with Gasteiger partial charge in [-0.2, -0.15) is 0 Å². The normalized spacial score (nSPS) is 21.3. The molecule has 1 aromatic carbocycles. The highest BCUT2D eigenvalue weighted by molar-refractivity contribution is 5.64. The molecule has 0 saturated heterocycles. The third kappa shape index (κ3) is 0.881. The molecule has 1 heteroatoms. The van der Waals surface area contributed by atoms with E-state index in [2.05, 4.69) is 0 Å². The lowest BCUT2D eigenvalue weighted by Gasteiger charge is -2.03. The smallest absolute Gasteiger partial charge is 0.108 e. The topological polar surface area (TPSA) is 0 Å². The Hall–Kier alpha value is -1.11. The van der Waals surface area contributed by atoms with Crippen LogP contribution in [0.3, 0.4) is 0 Å². The minimum absolute atomic E-state index is 0.0220. The van der Waals surface area contributed by atoms with Gasteiger partial charge < -0.3 is 0 Å². The molecule has 1 aliphatic carbocycles. The largest absolute Gasteiger partial charge is 0.211 e. The molecule has 0 heterocycles. The van der Waals surface area contributed by atoms with E-state index in [1.54, 1.807) is 6.08 Å². The van der Waals surface area contributed by atoms with Crippen LogP contribution in [0.4, 0.5) is 4.39 Å². The standard InChI is InChI=1S/C10H9F/c1-7-9-5-3-2-4-8(9)6-10(7)11/h2-7H,1H3. The maximum absolute atomic E-state index is 13.0. The quantitative estimate of drug-likeness (QED) is 0.530. The fourth-order valence-electron chi connectivity index (χ4n) is 1.46. The predicted octanol–water partition coefficient (Wildman–Crippen LogP) is 3.11. The molecule has 0 nitrogen and oxygen atoms in total. The fraction of sp³-hybridized carbons (Fsp3) is 0.200. The Balaban J connectivity index is 2.58. The van der Waals surface area contributed by atoms with E-state index in [9.17, 15) is 4.39 Å². The number of hydrogen-bond donors (Lipinski definition) is 0. The molecule has 0 bridgehead atoms. The summed E-state index contributed by atoms with van der Waals surface area (Å²) in [4.78, 5) is 0. The number of allylic oxidation sites excluding steroid dienone is 1. The van der Waals surface area contributed by atoms with Gasteiger partial charge in [0.1, 0.15) is 5.83 Å². The van der Waals surface area contributed by atoms with Crippen molar-refractivity contribution in [3.8, 4) is 0 Å². The summed E-state index contributed by atoms with van der Waals surface area (Å²) in [5.74, 6) is -0.0580. The van der Waals surface area contributed by atoms with Crippen LogP contribution in [0.1, 0.15) is 24.0 Å². The second-order valence-corrected chi connectivity index (χ2v) is 2.88. The van der Waals surface area contributed by atoms with Gasteiger partial charge in [0.25, 0.3) is 0 Å². The molecule has 0 saturated carbocycles. The fourth-order valence-corrected chi connectivity index (χ4v) is 1.46. The van der Waals surface area contributed by atoms with E-state index in [0.29, 0.717) is 0 Å². The Bertz CT molecular complexity index is 312. The van der Waals surface area contributed by atoms with E-state index in [4.69, 9.17) is 0 Å². The summed E-state index contributed by atoms with van der Waals surface area (Å²) in [7, 11) is 0. The molecule has 56 valence electrons. The zero-order valence-electron chi connectivity index (χ0n) is 6.34. The second kappa shape index (κ2) is 2.19. The van der Waals surface area contributed by atoms with Gasteiger partial charge in [-0.15, -0.1) is 0 Å². The summed E-state index contributed by atoms with van der Waals surface area (Å²) < 4.78 is 13.0. The van der Waals surface area contributed by atoms with Crippen molar-refractivity contribution in [3.05, 3.63) is 41.2 Å². The number of fused-ring (bicyclic) bond motifs is 1. The van der Waals surface area contributed by atoms with Gasteiger partial charge in [-0.3, -0.25) is 0 Å². The number of halogens is 1. The van der Waals surface area contributed by atoms with Gasteiger partial charge in [0.15, 0.2) is 0 Å². The molecule has 1 aromatic rings. The first-order valence-electron chi connectivity index (χ1n) is 3.75. The Kier molecular flexibility index (Phi) is 1.31. The van der Waals surface area contributed by atoms with Crippen molar-refractivity contribution in [2.75, 3.05) is 0 Å². The molecule has 0 spiro atoms. The van der Waals surface area contributed by atoms with Gasteiger partial charge in [0.2, 0.25) is 0 Å². The number of benzene rings is 1. The van der Waals surface area contributed by atoms with Gasteiger partial charge in [0, 0.05) is 5.92 Å². The highest BCUT2D eigenvalue weighted by Gasteiger charge is 2.19. The minimum Gasteiger partial charge on any atom is -0.211 e. The average molecular weight is 148 g/mol. The van der Waals surface area contributed by atoms with Gasteiger partial charge in [-0.25, -0.2) is 4.39 Å². The summed E-state index contributed by atoms with van der Waals surface area (Å²) in [6, 6.07) is 7.80. The lowest BCUT2D eigenvalue weighted by molar-refractivity contribution is 0.580. The Morgan fingerprint density at radius 3 is 2.73 bits per heavy atom. The van der Waals surface area contributed by atoms with Crippen LogP contribution in [0.2, 0.25) is 0 Å². The SMILES string of the molecule is CC1C(F)=Cc2ccccc21. The zero-order chi connectivity index (χ0) is 7.84. The Morgan fingerprint density at radius 1 is 1.27 bits per heavy atom. The maximum Gasteiger partial charge on any atom is 0.108 e. The second-order valence-electron chi connectivity index (χ2n) is 2.88. The summed E-state index contributed by atoms with van der Waals surface area (Å²) in [6.45, 7) is 1.89. The Labute approximate surface area is 65.4 Å². The molecule has 0 fully saturated rings. The highest BCUT2D eigenvalue weighted by atomic mass is 19.1. The first-order chi connectivity index (χ1) is 5.29. The Morgan fingerprint density at radius 2 is 2.00 bits per heavy atom. The predicted molar refractivity (Wildman–Crippen MR) is 43.9 cm³/mol. The van der Waals surface area contributed by atoms with Crippen molar-refractivity contribution in [3.63, 3.8) is 0 Å². The van der Waals surface area contributed by atoms with Gasteiger partial charge in [-0.05, 0) is 17.2 Å². The van der Waals surface area contributed by atoms with Crippen molar-refractivity contribution >= 4 is 6.08 Å². The summed E-state index contributed by atoms with van der Waals surface area (Å²) >= 11 is 0. The van der Waals surface area contributed by atoms with Crippen LogP contribution in [0, 0.1) is 0 Å². The molecule has 1 unspecified atom stereocenters. The first kappa shape index (κ1) is 6.59. The van der Waals surface area contributed by atoms with Crippen molar-refractivity contribution < 1.29 is 4.39 Å². The molecule has 1 aliphatic rings. The number of rotatable bonds is 0. The lowest BCUT2D eigenvalue weighted by atomic mass is 10.0. The molecule has 1 atom stereocenters. The van der Waals surface area contributed by atoms with Crippen LogP contribution in [0.5, 0.6) is 0 Å². The molecule has 11 heavy (non-hydrogen) atoms. The van der Waals surface area contributed by atoms with E-state index in [1.807, 2.05) is 31.2 Å². The van der Waals surface area contributed by atoms with E-state index >= 15 is 0 Å². The van der Waals surface area contributed by atoms with E-state index in [0.717, 1.165) is 11.1 Å². The molecule has 2 rings (SSSR count). The zero-order valence-corrected chi connectivity index (χ0v) is 6.34. The van der Waals surface area contributed by atoms with Gasteiger partial charge in [-0.1, -0.05) is 31.2 Å². The van der Waals surface area contributed by atoms with E-state index in [1.165, 1.54) is 0 Å². The first-order valence-corrected chi connectivity index (χ1v) is 3.75. The highest BCUT2D eigenvalue weighted by Crippen LogP contribution is 2.35. The maximum atomic E-state index is 13.0. The molecular weight excluding hydrogens is 139 g/mol. The van der Waals surface area contributed by atoms with Crippen LogP contribution in [-0.4, -0.2) is 0 Å². The third-order valence-corrected chi connectivity index (χ3v) is 2.17. The third-order valence-electron chi connectivity index (χ3n) is 2.17. The lowest BCUT2D eigenvalue weighted by Crippen LogP contribution is -1.87. The van der Waals surface area contributed by atoms with Crippen LogP contribution in [0.25, 0.3) is 6.08 Å². The summed E-state index contributed by atoms with van der Waals surface area (Å²) in [5.41, 5.74) is 2.13. The van der Waals surface area contributed by atoms with E-state index in [-0.39, 0.29) is 11.7 Å². The molecule has 0 aliphatic heterocycles. The molecule has 0 radical (unpaired) electrons. The van der Waals surface area contributed by atoms with Crippen LogP contribution < -0.4 is 0 Å². The van der Waals surface area contributed by atoms with Crippen molar-refractivity contribution in [2.24, 2.45) is 0 Å². The monoisotopic (exact) mass is 148 g/mol. The van der Waals surface area contributed by atoms with Crippen LogP contribution >= 0.6 is 0 Å². The average Bonchev–Trinajstić information content (AvgIpc) is 2.30. The minimum atomic E-state index is -0.0359. The van der Waals surface area contributed by atoms with Crippen molar-refractivity contribution in [1.82, 2.24) is 0 Å². The van der Waals surface area contributed by atoms with E-state index < -0.39 is 0 Å². The summed E-state index contributed by atoms with van der Waals surface area (Å²) in [5, 5.41) is 0. The molecular formula is C10H9F.